The highest BCUT2D eigenvalue weighted by atomic mass is 127. The van der Waals surface area contributed by atoms with Gasteiger partial charge in [0.15, 0.2) is 5.72 Å². The minimum absolute atomic E-state index is 0.0102. The Labute approximate surface area is 873 Å². The third-order valence-corrected chi connectivity index (χ3v) is 30.4. The van der Waals surface area contributed by atoms with Crippen LogP contribution in [0.1, 0.15) is 151 Å². The molecule has 0 radical (unpaired) electrons. The number of carboxylic acids is 1. The molecule has 0 bridgehead atoms. The Balaban J connectivity index is 0.000000414. The molecule has 12 amide bonds. The number of ether oxygens (including phenoxy) is 2. The number of hydrogen-bond donors (Lipinski definition) is 22. The van der Waals surface area contributed by atoms with Crippen molar-refractivity contribution in [1.29, 1.82) is 0 Å². The van der Waals surface area contributed by atoms with Crippen molar-refractivity contribution in [3.8, 4) is 0 Å². The molecule has 0 spiro atoms. The van der Waals surface area contributed by atoms with Crippen LogP contribution in [-0.2, 0) is 33.4 Å². The Morgan fingerprint density at radius 3 is 0.911 bits per heavy atom. The molecule has 0 aliphatic carbocycles. The monoisotopic (exact) mass is 3090 g/mol. The largest absolute Gasteiger partial charge is 0.481 e. The van der Waals surface area contributed by atoms with Crippen molar-refractivity contribution in [2.75, 3.05) is 120 Å². The summed E-state index contributed by atoms with van der Waals surface area (Å²) >= 11 is 22.4. The van der Waals surface area contributed by atoms with Gasteiger partial charge in [-0.25, -0.2) is 0 Å². The van der Waals surface area contributed by atoms with Crippen LogP contribution in [0.25, 0.3) is 0 Å². The van der Waals surface area contributed by atoms with E-state index < -0.39 is 185 Å². The van der Waals surface area contributed by atoms with Gasteiger partial charge in [-0.15, -0.1) is 0 Å². The summed E-state index contributed by atoms with van der Waals surface area (Å²) in [6.45, 7) is 6.36. The van der Waals surface area contributed by atoms with Crippen LogP contribution in [0.4, 0.5) is 22.7 Å². The third kappa shape index (κ3) is 30.6. The molecule has 4 aromatic rings. The number of halogens is 12. The van der Waals surface area contributed by atoms with E-state index in [2.05, 4.69) is 47.9 Å². The van der Waals surface area contributed by atoms with Crippen molar-refractivity contribution in [1.82, 2.24) is 41.3 Å². The molecule has 6 rings (SSSR count). The fraction of sp³-hybridized carbons (Fsp3) is 0.486. The molecule has 2 aliphatic heterocycles. The first-order valence-electron chi connectivity index (χ1n) is 36.3. The van der Waals surface area contributed by atoms with Gasteiger partial charge in [0.25, 0.3) is 47.3 Å². The summed E-state index contributed by atoms with van der Waals surface area (Å²) in [4.78, 5) is 172. The molecule has 22 N–H and O–H groups in total. The van der Waals surface area contributed by atoms with Crippen LogP contribution in [-0.4, -0.2) is 317 Å². The van der Waals surface area contributed by atoms with E-state index in [1.165, 1.54) is 39.5 Å². The summed E-state index contributed by atoms with van der Waals surface area (Å²) in [5.41, 5.74) is -1.14. The maximum absolute atomic E-state index is 14.3. The van der Waals surface area contributed by atoms with E-state index in [9.17, 15) is 113 Å². The first kappa shape index (κ1) is 115. The Kier molecular flexibility index (Phi) is 48.7. The van der Waals surface area contributed by atoms with Crippen molar-refractivity contribution in [3.63, 3.8) is 0 Å². The Bertz CT molecular complexity index is 4720. The van der Waals surface area contributed by atoms with Gasteiger partial charge in [0.2, 0.25) is 23.6 Å². The lowest BCUT2D eigenvalue weighted by molar-refractivity contribution is -0.151. The second kappa shape index (κ2) is 52.7. The Hall–Kier alpha value is -1.81. The van der Waals surface area contributed by atoms with Gasteiger partial charge in [0.1, 0.15) is 11.8 Å². The zero-order chi connectivity index (χ0) is 94.5. The van der Waals surface area contributed by atoms with Gasteiger partial charge < -0.3 is 138 Å². The van der Waals surface area contributed by atoms with E-state index in [1.807, 2.05) is 247 Å². The topological polar surface area (TPSA) is 621 Å². The van der Waals surface area contributed by atoms with Crippen LogP contribution in [0, 0.1) is 42.8 Å². The van der Waals surface area contributed by atoms with Gasteiger partial charge >= 0.3 is 5.97 Å². The molecule has 4 aromatic carbocycles. The van der Waals surface area contributed by atoms with Crippen molar-refractivity contribution >= 4 is 371 Å². The molecule has 2 fully saturated rings. The molecule has 0 aromatic heterocycles. The number of nitrogens with zero attached hydrogens (tertiary/aromatic N) is 3. The number of carbonyl (C=O) groups is 13. The molecule has 0 saturated carbocycles. The molecular weight excluding hydrogens is 3000 g/mol. The predicted molar refractivity (Wildman–Crippen MR) is 549 cm³/mol. The lowest BCUT2D eigenvalue weighted by Crippen LogP contribution is -2.48. The number of aliphatic hydroxyl groups is 12. The average Bonchev–Trinajstić information content (AvgIpc) is 1.26. The van der Waals surface area contributed by atoms with Crippen molar-refractivity contribution in [3.05, 3.63) is 87.3 Å². The summed E-state index contributed by atoms with van der Waals surface area (Å²) in [5.74, 6) is -8.21. The molecule has 688 valence electrons. The quantitative estimate of drug-likeness (QED) is 0.0294. The highest BCUT2D eigenvalue weighted by molar-refractivity contribution is 14.1. The number of anilines is 4. The van der Waals surface area contributed by atoms with Gasteiger partial charge in [0, 0.05) is 87.8 Å². The minimum Gasteiger partial charge on any atom is -0.481 e. The first-order chi connectivity index (χ1) is 57.7. The maximum Gasteiger partial charge on any atom is 0.308 e. The summed E-state index contributed by atoms with van der Waals surface area (Å²) < 4.78 is 15.3. The molecule has 124 heavy (non-hydrogen) atoms. The van der Waals surface area contributed by atoms with E-state index in [0.29, 0.717) is 35.6 Å². The number of aliphatic carboxylic acids is 1. The first-order valence-corrected chi connectivity index (χ1v) is 49.3. The minimum atomic E-state index is -1.56. The third-order valence-electron chi connectivity index (χ3n) is 17.4. The lowest BCUT2D eigenvalue weighted by Gasteiger charge is -2.33. The fourth-order valence-corrected chi connectivity index (χ4v) is 29.1. The zero-order valence-corrected chi connectivity index (χ0v) is 92.3. The number of carboxylic acid groups (broad SMARTS) is 1. The molecule has 40 nitrogen and oxygen atoms in total. The Morgan fingerprint density at radius 2 is 0.637 bits per heavy atom. The van der Waals surface area contributed by atoms with Gasteiger partial charge in [-0.2, -0.15) is 0 Å². The number of aliphatic hydroxyl groups excluding tert-OH is 12. The van der Waals surface area contributed by atoms with Crippen molar-refractivity contribution in [2.45, 2.75) is 129 Å². The maximum atomic E-state index is 14.3. The van der Waals surface area contributed by atoms with Gasteiger partial charge in [-0.1, -0.05) is 6.92 Å². The van der Waals surface area contributed by atoms with Crippen LogP contribution in [0.15, 0.2) is 0 Å². The van der Waals surface area contributed by atoms with Crippen LogP contribution in [0.3, 0.4) is 0 Å². The van der Waals surface area contributed by atoms with E-state index >= 15 is 0 Å². The zero-order valence-electron chi connectivity index (χ0n) is 66.5. The van der Waals surface area contributed by atoms with Crippen LogP contribution in [0.2, 0.25) is 0 Å². The molecule has 2 heterocycles. The number of benzene rings is 4. The average molecular weight is 3090 g/mol. The fourth-order valence-electron chi connectivity index (χ4n) is 11.6. The summed E-state index contributed by atoms with van der Waals surface area (Å²) in [6.07, 6.45) is -8.53. The summed E-state index contributed by atoms with van der Waals surface area (Å²) in [7, 11) is 0. The smallest absolute Gasteiger partial charge is 0.308 e. The highest BCUT2D eigenvalue weighted by Gasteiger charge is 2.49. The van der Waals surface area contributed by atoms with E-state index in [1.54, 1.807) is 50.1 Å². The number of hydrogen-bond acceptors (Lipinski definition) is 27. The summed E-state index contributed by atoms with van der Waals surface area (Å²) in [5, 5.41) is 149. The van der Waals surface area contributed by atoms with Gasteiger partial charge in [0.05, 0.1) is 198 Å². The molecule has 52 heteroatoms. The highest BCUT2D eigenvalue weighted by Crippen LogP contribution is 2.43. The molecule has 2 saturated heterocycles. The number of amides is 12. The predicted octanol–water partition coefficient (Wildman–Crippen LogP) is 3.08. The van der Waals surface area contributed by atoms with Crippen molar-refractivity contribution < 1.29 is 138 Å². The second-order valence-electron chi connectivity index (χ2n) is 27.7. The number of carbonyl (C=O) groups excluding carboxylic acids is 12. The standard InChI is InChI=1S/C32H38I6N6O13.C20H24I3N3O9.C20H26I3N3O6/c1-11(48)42-27-23(35)17(21(33)18(24(27)36)30(55)40-4-14(51)8-45)29(54)39-3-13(50)6-44(7-16(53)10-47)32(57)20-22(34)19(31(56)41-5-15(52)9-46)25(37)28(26(20)38)43-12(2)49;1-8(29)25-17-15(22)12(18(33)24-4-9(30)6-27)14(21)13(16(17)23)19(34)26-5-10(7-28)35-20(26,2)3-11(31)32;1-5-11-7-26(20(3,4)32-11)19(31)13-14(21)12(18(30)24-6-10(29)8-27)15(22)17(16(13)23)25-9(2)28/h13-16,45-47,50-53H,3-10H2,1-2H3,(H,39,54)(H,40,55)(H,41,56)(H,42,48)(H,43,49);9-10,27-28,30H,3-7H2,1-2H3,(H,24,33)(H,25,29)(H,31,32);10-11,27,29H,5-8H2,1-4H3,(H,24,30)(H,25,28). The number of rotatable bonds is 35. The molecule has 9 unspecified atom stereocenters. The lowest BCUT2D eigenvalue weighted by atomic mass is 10.0. The van der Waals surface area contributed by atoms with Gasteiger partial charge in [-0.05, 0) is 298 Å². The molecular formula is C72H88I12N12O28. The Morgan fingerprint density at radius 1 is 0.379 bits per heavy atom. The van der Waals surface area contributed by atoms with Crippen LogP contribution in [0.5, 0.6) is 0 Å². The van der Waals surface area contributed by atoms with Crippen LogP contribution >= 0.6 is 271 Å². The summed E-state index contributed by atoms with van der Waals surface area (Å²) in [6, 6.07) is 0. The van der Waals surface area contributed by atoms with E-state index in [0.717, 1.165) is 11.3 Å². The van der Waals surface area contributed by atoms with E-state index in [-0.39, 0.29) is 132 Å². The number of nitrogens with one attached hydrogen (secondary N) is 9. The SMILES string of the molecule is CC(=O)Nc1c(I)c(C(=O)NCC(O)CO)c(I)c(C(=O)N2CC(CO)OC2(C)CC(=O)O)c1I.CC(=O)Nc1c(I)c(C(=O)NCC(O)CO)c(I)c(C(=O)NCC(O)CN(CC(O)CO)C(=O)c2c(I)c(NC(C)=O)c(I)c(C(=O)NCC(O)CO)c2I)c1I.CCC1CN(C(=O)c2c(I)c(NC(C)=O)c(I)c(C(=O)NCC(O)CO)c2I)C(C)(C)O1. The molecule has 2 aliphatic rings. The normalized spacial score (nSPS) is 16.6. The molecule has 9 atom stereocenters. The second-order valence-corrected chi connectivity index (χ2v) is 40.6. The van der Waals surface area contributed by atoms with Crippen LogP contribution < -0.4 is 47.9 Å². The van der Waals surface area contributed by atoms with Gasteiger partial charge in [-0.3, -0.25) is 62.3 Å². The van der Waals surface area contributed by atoms with E-state index in [4.69, 9.17) is 24.8 Å². The van der Waals surface area contributed by atoms with Crippen molar-refractivity contribution in [2.24, 2.45) is 0 Å².